The van der Waals surface area contributed by atoms with Gasteiger partial charge in [-0.25, -0.2) is 4.79 Å². The second-order valence-corrected chi connectivity index (χ2v) is 7.20. The predicted molar refractivity (Wildman–Crippen MR) is 116 cm³/mol. The van der Waals surface area contributed by atoms with E-state index in [4.69, 9.17) is 0 Å². The van der Waals surface area contributed by atoms with Gasteiger partial charge in [-0.2, -0.15) is 5.10 Å². The molecular formula is C23H26N4O2. The molecule has 0 fully saturated rings. The average Bonchev–Trinajstić information content (AvgIpc) is 3.01. The Balaban J connectivity index is 2.13. The van der Waals surface area contributed by atoms with Gasteiger partial charge in [-0.05, 0) is 44.5 Å². The van der Waals surface area contributed by atoms with Crippen molar-refractivity contribution in [2.75, 3.05) is 19.0 Å². The van der Waals surface area contributed by atoms with Gasteiger partial charge in [-0.15, -0.1) is 0 Å². The highest BCUT2D eigenvalue weighted by atomic mass is 16.2. The first-order chi connectivity index (χ1) is 13.8. The molecule has 3 aromatic rings. The highest BCUT2D eigenvalue weighted by Gasteiger charge is 2.20. The number of aryl methyl sites for hydroxylation is 2. The molecule has 1 aromatic heterocycles. The van der Waals surface area contributed by atoms with Gasteiger partial charge in [0.1, 0.15) is 0 Å². The third-order valence-corrected chi connectivity index (χ3v) is 4.85. The van der Waals surface area contributed by atoms with Crippen molar-refractivity contribution in [1.29, 1.82) is 0 Å². The quantitative estimate of drug-likeness (QED) is 0.710. The Kier molecular flexibility index (Phi) is 5.82. The lowest BCUT2D eigenvalue weighted by molar-refractivity contribution is -0.117. The summed E-state index contributed by atoms with van der Waals surface area (Å²) >= 11 is 0. The molecule has 0 spiro atoms. The Hall–Kier alpha value is -3.41. The number of benzene rings is 2. The van der Waals surface area contributed by atoms with Gasteiger partial charge in [0.15, 0.2) is 5.78 Å². The summed E-state index contributed by atoms with van der Waals surface area (Å²) in [5, 5.41) is 7.27. The summed E-state index contributed by atoms with van der Waals surface area (Å²) < 4.78 is 1.78. The largest absolute Gasteiger partial charge is 0.341 e. The van der Waals surface area contributed by atoms with Crippen LogP contribution < -0.4 is 10.2 Å². The number of amides is 2. The molecule has 2 aromatic carbocycles. The Bertz CT molecular complexity index is 1050. The molecule has 0 aliphatic carbocycles. The van der Waals surface area contributed by atoms with E-state index >= 15 is 0 Å². The number of urea groups is 1. The third kappa shape index (κ3) is 4.21. The lowest BCUT2D eigenvalue weighted by Crippen LogP contribution is -2.34. The van der Waals surface area contributed by atoms with Crippen LogP contribution in [0.25, 0.3) is 22.4 Å². The fourth-order valence-electron chi connectivity index (χ4n) is 3.47. The number of carbonyl (C=O) groups is 2. The fraction of sp³-hybridized carbons (Fsp3) is 0.261. The van der Waals surface area contributed by atoms with Gasteiger partial charge in [0.2, 0.25) is 0 Å². The second-order valence-electron chi connectivity index (χ2n) is 7.20. The molecule has 3 rings (SSSR count). The van der Waals surface area contributed by atoms with E-state index in [0.29, 0.717) is 0 Å². The smallest absolute Gasteiger partial charge is 0.321 e. The molecule has 1 N–H and O–H groups in total. The van der Waals surface area contributed by atoms with E-state index in [-0.39, 0.29) is 18.4 Å². The first kappa shape index (κ1) is 20.3. The lowest BCUT2D eigenvalue weighted by atomic mass is 9.98. The summed E-state index contributed by atoms with van der Waals surface area (Å²) in [6, 6.07) is 15.8. The van der Waals surface area contributed by atoms with Crippen molar-refractivity contribution in [2.24, 2.45) is 0 Å². The molecular weight excluding hydrogens is 364 g/mol. The van der Waals surface area contributed by atoms with Crippen LogP contribution in [0.15, 0.2) is 48.5 Å². The van der Waals surface area contributed by atoms with Crippen LogP contribution in [0.4, 0.5) is 10.5 Å². The second kappa shape index (κ2) is 8.31. The fourth-order valence-corrected chi connectivity index (χ4v) is 3.47. The first-order valence-corrected chi connectivity index (χ1v) is 9.51. The maximum absolute atomic E-state index is 11.9. The predicted octanol–water partition coefficient (Wildman–Crippen LogP) is 4.20. The van der Waals surface area contributed by atoms with E-state index in [1.54, 1.807) is 30.6 Å². The van der Waals surface area contributed by atoms with E-state index in [1.807, 2.05) is 56.3 Å². The highest BCUT2D eigenvalue weighted by Crippen LogP contribution is 2.36. The number of hydrogen-bond donors (Lipinski definition) is 1. The number of Topliss-reactive ketones (excluding diaryl/α,β-unsaturated/α-hetero) is 1. The molecule has 0 atom stereocenters. The number of nitrogens with one attached hydrogen (secondary N) is 1. The monoisotopic (exact) mass is 390 g/mol. The van der Waals surface area contributed by atoms with Crippen LogP contribution in [0.5, 0.6) is 0 Å². The zero-order valence-corrected chi connectivity index (χ0v) is 17.5. The van der Waals surface area contributed by atoms with Crippen molar-refractivity contribution >= 4 is 17.5 Å². The highest BCUT2D eigenvalue weighted by molar-refractivity contribution is 5.92. The van der Waals surface area contributed by atoms with Crippen molar-refractivity contribution in [3.05, 3.63) is 59.8 Å². The van der Waals surface area contributed by atoms with E-state index in [2.05, 4.69) is 16.5 Å². The summed E-state index contributed by atoms with van der Waals surface area (Å²) in [5.41, 5.74) is 6.72. The first-order valence-electron chi connectivity index (χ1n) is 9.51. The number of anilines is 1. The minimum atomic E-state index is -0.177. The summed E-state index contributed by atoms with van der Waals surface area (Å²) in [4.78, 5) is 25.2. The third-order valence-electron chi connectivity index (χ3n) is 4.85. The number of hydrogen-bond acceptors (Lipinski definition) is 3. The molecule has 0 aliphatic rings. The molecule has 150 valence electrons. The molecule has 0 saturated carbocycles. The van der Waals surface area contributed by atoms with Crippen LogP contribution in [0.3, 0.4) is 0 Å². The average molecular weight is 390 g/mol. The van der Waals surface area contributed by atoms with Gasteiger partial charge < -0.3 is 5.32 Å². The minimum Gasteiger partial charge on any atom is -0.341 e. The number of nitrogens with zero attached hydrogens (tertiary/aromatic N) is 3. The van der Waals surface area contributed by atoms with Gasteiger partial charge in [-0.1, -0.05) is 35.9 Å². The van der Waals surface area contributed by atoms with E-state index < -0.39 is 0 Å². The number of rotatable bonds is 5. The van der Waals surface area contributed by atoms with E-state index in [1.165, 1.54) is 0 Å². The van der Waals surface area contributed by atoms with Crippen molar-refractivity contribution in [3.8, 4) is 22.4 Å². The molecule has 2 amide bonds. The Morgan fingerprint density at radius 1 is 1.07 bits per heavy atom. The Labute approximate surface area is 171 Å². The molecule has 0 unspecified atom stereocenters. The van der Waals surface area contributed by atoms with E-state index in [0.717, 1.165) is 39.3 Å². The SMILES string of the molecule is CNC(=O)N(C)c1ccc(-c2c(C)nn(CC(C)=O)c2-c2cccc(C)c2)cc1. The van der Waals surface area contributed by atoms with Crippen LogP contribution >= 0.6 is 0 Å². The molecule has 0 saturated heterocycles. The molecule has 29 heavy (non-hydrogen) atoms. The van der Waals surface area contributed by atoms with Gasteiger partial charge in [0.25, 0.3) is 0 Å². The van der Waals surface area contributed by atoms with Gasteiger partial charge in [-0.3, -0.25) is 14.4 Å². The van der Waals surface area contributed by atoms with Crippen LogP contribution in [-0.4, -0.2) is 35.7 Å². The Morgan fingerprint density at radius 2 is 1.76 bits per heavy atom. The zero-order valence-electron chi connectivity index (χ0n) is 17.5. The van der Waals surface area contributed by atoms with Crippen LogP contribution in [0.1, 0.15) is 18.2 Å². The molecule has 1 heterocycles. The van der Waals surface area contributed by atoms with Crippen LogP contribution in [-0.2, 0) is 11.3 Å². The summed E-state index contributed by atoms with van der Waals surface area (Å²) in [6.45, 7) is 5.79. The topological polar surface area (TPSA) is 67.2 Å². The molecule has 6 heteroatoms. The maximum atomic E-state index is 11.9. The summed E-state index contributed by atoms with van der Waals surface area (Å²) in [6.07, 6.45) is 0. The summed E-state index contributed by atoms with van der Waals surface area (Å²) in [7, 11) is 3.33. The van der Waals surface area contributed by atoms with Crippen molar-refractivity contribution < 1.29 is 9.59 Å². The van der Waals surface area contributed by atoms with Crippen molar-refractivity contribution in [2.45, 2.75) is 27.3 Å². The van der Waals surface area contributed by atoms with Gasteiger partial charge >= 0.3 is 6.03 Å². The summed E-state index contributed by atoms with van der Waals surface area (Å²) in [5.74, 6) is 0.0514. The van der Waals surface area contributed by atoms with Crippen molar-refractivity contribution in [3.63, 3.8) is 0 Å². The lowest BCUT2D eigenvalue weighted by Gasteiger charge is -2.17. The van der Waals surface area contributed by atoms with Crippen LogP contribution in [0, 0.1) is 13.8 Å². The number of aromatic nitrogens is 2. The zero-order chi connectivity index (χ0) is 21.1. The number of ketones is 1. The van der Waals surface area contributed by atoms with Crippen molar-refractivity contribution in [1.82, 2.24) is 15.1 Å². The van der Waals surface area contributed by atoms with E-state index in [9.17, 15) is 9.59 Å². The molecule has 0 aliphatic heterocycles. The van der Waals surface area contributed by atoms with Gasteiger partial charge in [0.05, 0.1) is 17.9 Å². The molecule has 0 bridgehead atoms. The standard InChI is InChI=1S/C23H26N4O2/c1-15-7-6-8-19(13-15)22-21(17(3)25-27(22)14-16(2)28)18-9-11-20(12-10-18)26(5)23(29)24-4/h6-13H,14H2,1-5H3,(H,24,29). The maximum Gasteiger partial charge on any atom is 0.321 e. The molecule has 6 nitrogen and oxygen atoms in total. The number of carbonyl (C=O) groups excluding carboxylic acids is 2. The normalized spacial score (nSPS) is 10.7. The molecule has 0 radical (unpaired) electrons. The van der Waals surface area contributed by atoms with Gasteiger partial charge in [0, 0.05) is 30.9 Å². The Morgan fingerprint density at radius 3 is 2.34 bits per heavy atom. The van der Waals surface area contributed by atoms with Crippen LogP contribution in [0.2, 0.25) is 0 Å². The minimum absolute atomic E-state index is 0.0514.